The van der Waals surface area contributed by atoms with Crippen molar-refractivity contribution in [1.82, 2.24) is 0 Å². The number of fused-ring (bicyclic) bond motifs is 1. The van der Waals surface area contributed by atoms with Crippen LogP contribution in [-0.4, -0.2) is 12.9 Å². The molecule has 0 N–H and O–H groups in total. The molecule has 0 unspecified atom stereocenters. The molecule has 3 nitrogen and oxygen atoms in total. The zero-order chi connectivity index (χ0) is 17.9. The lowest BCUT2D eigenvalue weighted by Crippen LogP contribution is -2.33. The molecule has 0 radical (unpaired) electrons. The second kappa shape index (κ2) is 6.96. The summed E-state index contributed by atoms with van der Waals surface area (Å²) < 4.78 is 7.40. The predicted molar refractivity (Wildman–Crippen MR) is 101 cm³/mol. The van der Waals surface area contributed by atoms with Crippen LogP contribution in [0.5, 0.6) is 5.75 Å². The Morgan fingerprint density at radius 3 is 2.73 bits per heavy atom. The number of ether oxygens (including phenoxy) is 1. The van der Waals surface area contributed by atoms with Crippen molar-refractivity contribution in [3.63, 3.8) is 0 Å². The van der Waals surface area contributed by atoms with E-state index in [1.807, 2.05) is 60.8 Å². The van der Waals surface area contributed by atoms with E-state index in [4.69, 9.17) is 4.74 Å². The van der Waals surface area contributed by atoms with Gasteiger partial charge < -0.3 is 4.74 Å². The zero-order valence-corrected chi connectivity index (χ0v) is 14.7. The van der Waals surface area contributed by atoms with Crippen LogP contribution in [-0.2, 0) is 13.0 Å². The van der Waals surface area contributed by atoms with Crippen molar-refractivity contribution in [2.24, 2.45) is 0 Å². The van der Waals surface area contributed by atoms with Gasteiger partial charge in [-0.15, -0.1) is 0 Å². The van der Waals surface area contributed by atoms with E-state index in [1.165, 1.54) is 5.56 Å². The van der Waals surface area contributed by atoms with Crippen LogP contribution in [0.1, 0.15) is 27.0 Å². The Balaban J connectivity index is 1.59. The van der Waals surface area contributed by atoms with Gasteiger partial charge in [0, 0.05) is 34.8 Å². The molecule has 3 heteroatoms. The molecule has 1 aliphatic carbocycles. The lowest BCUT2D eigenvalue weighted by molar-refractivity contribution is -0.688. The van der Waals surface area contributed by atoms with Gasteiger partial charge in [0.1, 0.15) is 5.75 Å². The fraction of sp³-hybridized carbons (Fsp3) is 0.130. The number of methoxy groups -OCH3 is 1. The molecular weight excluding hydrogens is 322 g/mol. The molecule has 2 aromatic carbocycles. The number of carbonyl (C=O) groups excluding carboxylic acids is 1. The number of carbonyl (C=O) groups is 1. The average Bonchev–Trinajstić information content (AvgIpc) is 2.98. The van der Waals surface area contributed by atoms with Gasteiger partial charge in [0.15, 0.2) is 24.7 Å². The molecule has 0 atom stereocenters. The Kier molecular flexibility index (Phi) is 4.36. The largest absolute Gasteiger partial charge is 0.497 e. The third kappa shape index (κ3) is 3.29. The molecule has 0 amide bonds. The van der Waals surface area contributed by atoms with Gasteiger partial charge >= 0.3 is 0 Å². The van der Waals surface area contributed by atoms with E-state index in [0.29, 0.717) is 6.42 Å². The first kappa shape index (κ1) is 16.3. The van der Waals surface area contributed by atoms with Crippen molar-refractivity contribution in [1.29, 1.82) is 0 Å². The van der Waals surface area contributed by atoms with E-state index in [0.717, 1.165) is 34.6 Å². The number of ketones is 1. The molecule has 0 aliphatic heterocycles. The lowest BCUT2D eigenvalue weighted by Gasteiger charge is -2.01. The zero-order valence-electron chi connectivity index (χ0n) is 14.7. The summed E-state index contributed by atoms with van der Waals surface area (Å²) in [7, 11) is 1.64. The van der Waals surface area contributed by atoms with Crippen molar-refractivity contribution >= 4 is 11.9 Å². The molecule has 128 valence electrons. The number of rotatable bonds is 4. The maximum Gasteiger partial charge on any atom is 0.189 e. The molecule has 0 bridgehead atoms. The van der Waals surface area contributed by atoms with Crippen LogP contribution in [0.15, 0.2) is 78.6 Å². The number of allylic oxidation sites excluding steroid dienone is 1. The third-order valence-electron chi connectivity index (χ3n) is 4.66. The summed E-state index contributed by atoms with van der Waals surface area (Å²) in [5.74, 6) is 0.902. The quantitative estimate of drug-likeness (QED) is 0.532. The number of Topliss-reactive ketones (excluding diaryl/α,β-unsaturated/α-hetero) is 1. The fourth-order valence-electron chi connectivity index (χ4n) is 3.36. The minimum atomic E-state index is 0.112. The van der Waals surface area contributed by atoms with E-state index in [9.17, 15) is 4.79 Å². The summed E-state index contributed by atoms with van der Waals surface area (Å²) >= 11 is 0. The van der Waals surface area contributed by atoms with Crippen LogP contribution < -0.4 is 9.30 Å². The Bertz CT molecular complexity index is 990. The Morgan fingerprint density at radius 2 is 1.92 bits per heavy atom. The van der Waals surface area contributed by atoms with E-state index >= 15 is 0 Å². The van der Waals surface area contributed by atoms with Crippen molar-refractivity contribution in [2.45, 2.75) is 13.0 Å². The van der Waals surface area contributed by atoms with Crippen molar-refractivity contribution in [3.8, 4) is 5.75 Å². The Labute approximate surface area is 153 Å². The summed E-state index contributed by atoms with van der Waals surface area (Å²) in [5.41, 5.74) is 4.93. The molecule has 0 saturated heterocycles. The van der Waals surface area contributed by atoms with Gasteiger partial charge in [-0.3, -0.25) is 4.79 Å². The minimum absolute atomic E-state index is 0.112. The van der Waals surface area contributed by atoms with Gasteiger partial charge in [-0.1, -0.05) is 30.3 Å². The van der Waals surface area contributed by atoms with Gasteiger partial charge in [-0.25, -0.2) is 4.57 Å². The summed E-state index contributed by atoms with van der Waals surface area (Å²) in [5, 5.41) is 0. The Morgan fingerprint density at radius 1 is 1.08 bits per heavy atom. The van der Waals surface area contributed by atoms with Crippen LogP contribution in [0.3, 0.4) is 0 Å². The van der Waals surface area contributed by atoms with Gasteiger partial charge in [-0.05, 0) is 35.9 Å². The fourth-order valence-corrected chi connectivity index (χ4v) is 3.36. The predicted octanol–water partition coefficient (Wildman–Crippen LogP) is 3.85. The molecule has 1 heterocycles. The summed E-state index contributed by atoms with van der Waals surface area (Å²) in [6.45, 7) is 0.809. The number of pyridine rings is 1. The molecule has 1 aromatic heterocycles. The summed E-state index contributed by atoms with van der Waals surface area (Å²) in [6, 6.07) is 20.0. The van der Waals surface area contributed by atoms with Crippen LogP contribution in [0, 0.1) is 0 Å². The molecular formula is C23H20NO2+. The molecule has 0 spiro atoms. The van der Waals surface area contributed by atoms with E-state index in [-0.39, 0.29) is 5.78 Å². The first-order valence-electron chi connectivity index (χ1n) is 8.68. The second-order valence-corrected chi connectivity index (χ2v) is 6.49. The number of hydrogen-bond acceptors (Lipinski definition) is 2. The highest BCUT2D eigenvalue weighted by atomic mass is 16.5. The lowest BCUT2D eigenvalue weighted by atomic mass is 10.1. The molecule has 1 aliphatic rings. The van der Waals surface area contributed by atoms with Crippen molar-refractivity contribution in [2.75, 3.05) is 7.11 Å². The number of hydrogen-bond donors (Lipinski definition) is 0. The van der Waals surface area contributed by atoms with Gasteiger partial charge in [0.2, 0.25) is 0 Å². The van der Waals surface area contributed by atoms with Gasteiger partial charge in [0.05, 0.1) is 7.11 Å². The SMILES string of the molecule is COc1ccc2c(c1)C/C(=C/c1ccc[n+](Cc3ccccc3)c1)C2=O. The van der Waals surface area contributed by atoms with Crippen LogP contribution in [0.2, 0.25) is 0 Å². The van der Waals surface area contributed by atoms with E-state index < -0.39 is 0 Å². The van der Waals surface area contributed by atoms with Gasteiger partial charge in [0.25, 0.3) is 0 Å². The number of aromatic nitrogens is 1. The monoisotopic (exact) mass is 342 g/mol. The summed E-state index contributed by atoms with van der Waals surface area (Å²) in [4.78, 5) is 12.7. The minimum Gasteiger partial charge on any atom is -0.497 e. The van der Waals surface area contributed by atoms with Crippen LogP contribution in [0.4, 0.5) is 0 Å². The normalized spacial score (nSPS) is 14.5. The second-order valence-electron chi connectivity index (χ2n) is 6.49. The maximum atomic E-state index is 12.7. The summed E-state index contributed by atoms with van der Waals surface area (Å²) in [6.07, 6.45) is 6.77. The first-order chi connectivity index (χ1) is 12.7. The van der Waals surface area contributed by atoms with E-state index in [2.05, 4.69) is 22.9 Å². The molecule has 26 heavy (non-hydrogen) atoms. The molecule has 0 saturated carbocycles. The van der Waals surface area contributed by atoms with Crippen LogP contribution in [0.25, 0.3) is 6.08 Å². The maximum absolute atomic E-state index is 12.7. The van der Waals surface area contributed by atoms with Crippen molar-refractivity contribution in [3.05, 3.63) is 101 Å². The number of nitrogens with zero attached hydrogens (tertiary/aromatic N) is 1. The number of benzene rings is 2. The van der Waals surface area contributed by atoms with Gasteiger partial charge in [-0.2, -0.15) is 0 Å². The molecule has 0 fully saturated rings. The molecule has 4 rings (SSSR count). The van der Waals surface area contributed by atoms with Crippen LogP contribution >= 0.6 is 0 Å². The molecule has 3 aromatic rings. The smallest absolute Gasteiger partial charge is 0.189 e. The Hall–Kier alpha value is -3.20. The highest BCUT2D eigenvalue weighted by molar-refractivity contribution is 6.15. The van der Waals surface area contributed by atoms with Crippen molar-refractivity contribution < 1.29 is 14.1 Å². The topological polar surface area (TPSA) is 30.2 Å². The highest BCUT2D eigenvalue weighted by Crippen LogP contribution is 2.30. The third-order valence-corrected chi connectivity index (χ3v) is 4.66. The average molecular weight is 342 g/mol. The highest BCUT2D eigenvalue weighted by Gasteiger charge is 2.25. The first-order valence-corrected chi connectivity index (χ1v) is 8.68. The van der Waals surface area contributed by atoms with E-state index in [1.54, 1.807) is 7.11 Å². The standard InChI is InChI=1S/C23H20NO2/c1-26-21-9-10-22-19(14-21)13-20(23(22)25)12-18-8-5-11-24(16-18)15-17-6-3-2-4-7-17/h2-12,14,16H,13,15H2,1H3/q+1/b20-12-.